The predicted octanol–water partition coefficient (Wildman–Crippen LogP) is 1.02. The lowest BCUT2D eigenvalue weighted by atomic mass is 9.93. The first-order chi connectivity index (χ1) is 8.29. The van der Waals surface area contributed by atoms with Crippen molar-refractivity contribution < 1.29 is 0 Å². The summed E-state index contributed by atoms with van der Waals surface area (Å²) in [6, 6.07) is 2.11. The number of likely N-dealkylation sites (tertiary alicyclic amines) is 1. The molecule has 2 rings (SSSR count). The summed E-state index contributed by atoms with van der Waals surface area (Å²) in [6.45, 7) is 4.49. The molecule has 0 spiro atoms. The van der Waals surface area contributed by atoms with Crippen molar-refractivity contribution in [2.24, 2.45) is 18.7 Å². The zero-order valence-electron chi connectivity index (χ0n) is 10.8. The molecular formula is C13H24N4. The summed E-state index contributed by atoms with van der Waals surface area (Å²) < 4.78 is 1.97. The van der Waals surface area contributed by atoms with Crippen molar-refractivity contribution in [1.29, 1.82) is 0 Å². The molecule has 4 heteroatoms. The van der Waals surface area contributed by atoms with E-state index < -0.39 is 0 Å². The zero-order valence-corrected chi connectivity index (χ0v) is 10.8. The molecule has 1 aromatic heterocycles. The van der Waals surface area contributed by atoms with Gasteiger partial charge in [0.1, 0.15) is 0 Å². The highest BCUT2D eigenvalue weighted by Crippen LogP contribution is 2.19. The number of nitrogens with zero attached hydrogens (tertiary/aromatic N) is 3. The van der Waals surface area contributed by atoms with Crippen LogP contribution in [0.2, 0.25) is 0 Å². The van der Waals surface area contributed by atoms with Crippen LogP contribution in [0.3, 0.4) is 0 Å². The summed E-state index contributed by atoms with van der Waals surface area (Å²) >= 11 is 0. The van der Waals surface area contributed by atoms with E-state index in [1.165, 1.54) is 38.0 Å². The van der Waals surface area contributed by atoms with Gasteiger partial charge in [0, 0.05) is 31.9 Å². The molecule has 1 aliphatic rings. The second-order valence-corrected chi connectivity index (χ2v) is 5.06. The molecular weight excluding hydrogens is 212 g/mol. The Morgan fingerprint density at radius 2 is 2.18 bits per heavy atom. The highest BCUT2D eigenvalue weighted by molar-refractivity contribution is 5.00. The Morgan fingerprint density at radius 1 is 1.41 bits per heavy atom. The van der Waals surface area contributed by atoms with Gasteiger partial charge in [-0.25, -0.2) is 0 Å². The van der Waals surface area contributed by atoms with Crippen LogP contribution in [0, 0.1) is 5.92 Å². The summed E-state index contributed by atoms with van der Waals surface area (Å²) in [5.41, 5.74) is 6.94. The Bertz CT molecular complexity index is 326. The quantitative estimate of drug-likeness (QED) is 0.830. The Kier molecular flexibility index (Phi) is 4.57. The third kappa shape index (κ3) is 3.54. The van der Waals surface area contributed by atoms with Crippen molar-refractivity contribution in [3.05, 3.63) is 18.0 Å². The van der Waals surface area contributed by atoms with E-state index in [4.69, 9.17) is 5.73 Å². The van der Waals surface area contributed by atoms with Gasteiger partial charge in [-0.3, -0.25) is 4.68 Å². The van der Waals surface area contributed by atoms with Crippen molar-refractivity contribution in [2.45, 2.75) is 25.7 Å². The second-order valence-electron chi connectivity index (χ2n) is 5.06. The van der Waals surface area contributed by atoms with E-state index in [1.54, 1.807) is 0 Å². The van der Waals surface area contributed by atoms with Crippen LogP contribution in [-0.4, -0.2) is 40.9 Å². The van der Waals surface area contributed by atoms with Gasteiger partial charge in [-0.15, -0.1) is 0 Å². The average molecular weight is 236 g/mol. The Labute approximate surface area is 104 Å². The number of nitrogens with two attached hydrogens (primary N) is 1. The second kappa shape index (κ2) is 6.17. The number of aryl methyl sites for hydroxylation is 1. The SMILES string of the molecule is Cn1nccc1CCN1CCC(CCN)CC1. The maximum atomic E-state index is 5.61. The number of aromatic nitrogens is 2. The average Bonchev–Trinajstić information content (AvgIpc) is 2.75. The first-order valence-electron chi connectivity index (χ1n) is 6.69. The van der Waals surface area contributed by atoms with Crippen LogP contribution in [0.25, 0.3) is 0 Å². The summed E-state index contributed by atoms with van der Waals surface area (Å²) in [4.78, 5) is 2.57. The number of piperidine rings is 1. The monoisotopic (exact) mass is 236 g/mol. The van der Waals surface area contributed by atoms with Gasteiger partial charge in [-0.1, -0.05) is 0 Å². The molecule has 0 unspecified atom stereocenters. The number of hydrogen-bond acceptors (Lipinski definition) is 3. The molecule has 17 heavy (non-hydrogen) atoms. The van der Waals surface area contributed by atoms with E-state index in [-0.39, 0.29) is 0 Å². The highest BCUT2D eigenvalue weighted by Gasteiger charge is 2.18. The van der Waals surface area contributed by atoms with Crippen LogP contribution in [0.4, 0.5) is 0 Å². The minimum Gasteiger partial charge on any atom is -0.330 e. The summed E-state index contributed by atoms with van der Waals surface area (Å²) in [5, 5.41) is 4.20. The largest absolute Gasteiger partial charge is 0.330 e. The van der Waals surface area contributed by atoms with E-state index in [1.807, 2.05) is 17.9 Å². The van der Waals surface area contributed by atoms with Crippen molar-refractivity contribution in [3.8, 4) is 0 Å². The van der Waals surface area contributed by atoms with E-state index in [9.17, 15) is 0 Å². The van der Waals surface area contributed by atoms with Gasteiger partial charge in [-0.2, -0.15) is 5.10 Å². The molecule has 0 saturated carbocycles. The molecule has 1 fully saturated rings. The summed E-state index contributed by atoms with van der Waals surface area (Å²) in [6.07, 6.45) is 6.83. The minimum atomic E-state index is 0.847. The van der Waals surface area contributed by atoms with Crippen molar-refractivity contribution in [3.63, 3.8) is 0 Å². The maximum absolute atomic E-state index is 5.61. The lowest BCUT2D eigenvalue weighted by Crippen LogP contribution is -2.35. The molecule has 2 N–H and O–H groups in total. The topological polar surface area (TPSA) is 47.1 Å². The molecule has 1 saturated heterocycles. The molecule has 0 radical (unpaired) electrons. The molecule has 2 heterocycles. The van der Waals surface area contributed by atoms with Crippen LogP contribution in [-0.2, 0) is 13.5 Å². The van der Waals surface area contributed by atoms with E-state index in [0.717, 1.165) is 25.4 Å². The fourth-order valence-corrected chi connectivity index (χ4v) is 2.65. The summed E-state index contributed by atoms with van der Waals surface area (Å²) in [5.74, 6) is 0.868. The number of rotatable bonds is 5. The maximum Gasteiger partial charge on any atom is 0.0492 e. The first-order valence-corrected chi connectivity index (χ1v) is 6.69. The van der Waals surface area contributed by atoms with E-state index in [0.29, 0.717) is 0 Å². The van der Waals surface area contributed by atoms with Gasteiger partial charge in [0.05, 0.1) is 0 Å². The minimum absolute atomic E-state index is 0.847. The van der Waals surface area contributed by atoms with Crippen LogP contribution >= 0.6 is 0 Å². The highest BCUT2D eigenvalue weighted by atomic mass is 15.3. The zero-order chi connectivity index (χ0) is 12.1. The molecule has 0 aromatic carbocycles. The van der Waals surface area contributed by atoms with Gasteiger partial charge < -0.3 is 10.6 Å². The molecule has 0 amide bonds. The van der Waals surface area contributed by atoms with Crippen LogP contribution in [0.1, 0.15) is 25.0 Å². The van der Waals surface area contributed by atoms with Gasteiger partial charge in [-0.05, 0) is 50.9 Å². The van der Waals surface area contributed by atoms with Crippen LogP contribution in [0.5, 0.6) is 0 Å². The fourth-order valence-electron chi connectivity index (χ4n) is 2.65. The normalized spacial score (nSPS) is 18.7. The number of hydrogen-bond donors (Lipinski definition) is 1. The van der Waals surface area contributed by atoms with Gasteiger partial charge in [0.15, 0.2) is 0 Å². The van der Waals surface area contributed by atoms with E-state index in [2.05, 4.69) is 16.1 Å². The molecule has 4 nitrogen and oxygen atoms in total. The third-order valence-corrected chi connectivity index (χ3v) is 3.89. The fraction of sp³-hybridized carbons (Fsp3) is 0.769. The van der Waals surface area contributed by atoms with Gasteiger partial charge in [0.2, 0.25) is 0 Å². The lowest BCUT2D eigenvalue weighted by molar-refractivity contribution is 0.181. The standard InChI is InChI=1S/C13H24N4/c1-16-13(3-8-15-16)6-11-17-9-4-12(2-7-14)5-10-17/h3,8,12H,2,4-7,9-11,14H2,1H3. The van der Waals surface area contributed by atoms with Gasteiger partial charge in [0.25, 0.3) is 0 Å². The van der Waals surface area contributed by atoms with Crippen LogP contribution < -0.4 is 5.73 Å². The molecule has 0 bridgehead atoms. The molecule has 1 aliphatic heterocycles. The van der Waals surface area contributed by atoms with Crippen molar-refractivity contribution >= 4 is 0 Å². The Balaban J connectivity index is 1.70. The lowest BCUT2D eigenvalue weighted by Gasteiger charge is -2.31. The smallest absolute Gasteiger partial charge is 0.0492 e. The van der Waals surface area contributed by atoms with E-state index >= 15 is 0 Å². The first kappa shape index (κ1) is 12.6. The third-order valence-electron chi connectivity index (χ3n) is 3.89. The van der Waals surface area contributed by atoms with Gasteiger partial charge >= 0.3 is 0 Å². The molecule has 0 atom stereocenters. The van der Waals surface area contributed by atoms with Crippen molar-refractivity contribution in [1.82, 2.24) is 14.7 Å². The summed E-state index contributed by atoms with van der Waals surface area (Å²) in [7, 11) is 2.02. The molecule has 96 valence electrons. The molecule has 0 aliphatic carbocycles. The van der Waals surface area contributed by atoms with Crippen molar-refractivity contribution in [2.75, 3.05) is 26.2 Å². The Morgan fingerprint density at radius 3 is 2.76 bits per heavy atom. The predicted molar refractivity (Wildman–Crippen MR) is 69.7 cm³/mol. The Hall–Kier alpha value is -0.870. The van der Waals surface area contributed by atoms with Crippen LogP contribution in [0.15, 0.2) is 12.3 Å². The molecule has 1 aromatic rings.